The number of nitrogens with zero attached hydrogens (tertiary/aromatic N) is 1. The summed E-state index contributed by atoms with van der Waals surface area (Å²) in [6, 6.07) is 26.4. The van der Waals surface area contributed by atoms with E-state index in [2.05, 4.69) is 80.6 Å². The van der Waals surface area contributed by atoms with Gasteiger partial charge in [0.25, 0.3) is 0 Å². The van der Waals surface area contributed by atoms with E-state index < -0.39 is 0 Å². The minimum atomic E-state index is -0.0180. The van der Waals surface area contributed by atoms with Crippen molar-refractivity contribution in [3.63, 3.8) is 0 Å². The molecule has 1 N–H and O–H groups in total. The third-order valence-electron chi connectivity index (χ3n) is 4.85. The molecule has 29 heavy (non-hydrogen) atoms. The SMILES string of the molecule is CSc1c(CC(=O)Nc2cccc(Br)c2)n(Cc2ccccc2)c2ccccc12. The maximum atomic E-state index is 12.9. The Morgan fingerprint density at radius 1 is 1.00 bits per heavy atom. The van der Waals surface area contributed by atoms with Gasteiger partial charge in [-0.15, -0.1) is 11.8 Å². The summed E-state index contributed by atoms with van der Waals surface area (Å²) in [5.74, 6) is -0.0180. The molecule has 0 spiro atoms. The van der Waals surface area contributed by atoms with Gasteiger partial charge >= 0.3 is 0 Å². The highest BCUT2D eigenvalue weighted by atomic mass is 79.9. The van der Waals surface area contributed by atoms with Gasteiger partial charge in [0.2, 0.25) is 5.91 Å². The average molecular weight is 465 g/mol. The summed E-state index contributed by atoms with van der Waals surface area (Å²) in [6.07, 6.45) is 2.40. The van der Waals surface area contributed by atoms with E-state index in [4.69, 9.17) is 0 Å². The lowest BCUT2D eigenvalue weighted by molar-refractivity contribution is -0.115. The Bertz CT molecular complexity index is 1150. The van der Waals surface area contributed by atoms with E-state index in [9.17, 15) is 4.79 Å². The quantitative estimate of drug-likeness (QED) is 0.337. The Labute approximate surface area is 183 Å². The fraction of sp³-hybridized carbons (Fsp3) is 0.125. The molecule has 0 aliphatic heterocycles. The molecule has 4 rings (SSSR count). The maximum Gasteiger partial charge on any atom is 0.230 e. The first-order chi connectivity index (χ1) is 14.2. The van der Waals surface area contributed by atoms with Crippen molar-refractivity contribution < 1.29 is 4.79 Å². The van der Waals surface area contributed by atoms with Crippen LogP contribution in [0, 0.1) is 0 Å². The molecular formula is C24H21BrN2OS. The topological polar surface area (TPSA) is 34.0 Å². The molecule has 0 saturated heterocycles. The third kappa shape index (κ3) is 4.41. The van der Waals surface area contributed by atoms with E-state index in [1.807, 2.05) is 30.3 Å². The summed E-state index contributed by atoms with van der Waals surface area (Å²) in [5, 5.41) is 4.22. The average Bonchev–Trinajstić information content (AvgIpc) is 3.01. The Balaban J connectivity index is 1.71. The van der Waals surface area contributed by atoms with Crippen LogP contribution in [0.25, 0.3) is 10.9 Å². The van der Waals surface area contributed by atoms with Crippen molar-refractivity contribution in [2.75, 3.05) is 11.6 Å². The van der Waals surface area contributed by atoms with Gasteiger partial charge in [-0.1, -0.05) is 70.5 Å². The lowest BCUT2D eigenvalue weighted by Gasteiger charge is -2.13. The third-order valence-corrected chi connectivity index (χ3v) is 6.21. The molecule has 1 amide bonds. The maximum absolute atomic E-state index is 12.9. The second kappa shape index (κ2) is 8.89. The molecular weight excluding hydrogens is 444 g/mol. The Kier molecular flexibility index (Phi) is 6.07. The van der Waals surface area contributed by atoms with Crippen molar-refractivity contribution in [2.24, 2.45) is 0 Å². The number of rotatable bonds is 6. The smallest absolute Gasteiger partial charge is 0.230 e. The van der Waals surface area contributed by atoms with Crippen LogP contribution >= 0.6 is 27.7 Å². The highest BCUT2D eigenvalue weighted by molar-refractivity contribution is 9.10. The van der Waals surface area contributed by atoms with Crippen LogP contribution in [-0.2, 0) is 17.8 Å². The lowest BCUT2D eigenvalue weighted by Crippen LogP contribution is -2.17. The summed E-state index contributed by atoms with van der Waals surface area (Å²) in [6.45, 7) is 0.738. The van der Waals surface area contributed by atoms with Crippen LogP contribution in [-0.4, -0.2) is 16.7 Å². The predicted octanol–water partition coefficient (Wildman–Crippen LogP) is 6.36. The largest absolute Gasteiger partial charge is 0.338 e. The van der Waals surface area contributed by atoms with Crippen LogP contribution in [0.5, 0.6) is 0 Å². The van der Waals surface area contributed by atoms with Crippen molar-refractivity contribution in [3.8, 4) is 0 Å². The molecule has 146 valence electrons. The van der Waals surface area contributed by atoms with Gasteiger partial charge in [0.15, 0.2) is 0 Å². The number of carbonyl (C=O) groups excluding carboxylic acids is 1. The van der Waals surface area contributed by atoms with E-state index in [0.29, 0.717) is 6.42 Å². The second-order valence-electron chi connectivity index (χ2n) is 6.80. The molecule has 0 radical (unpaired) electrons. The van der Waals surface area contributed by atoms with Gasteiger partial charge in [0.1, 0.15) is 0 Å². The number of fused-ring (bicyclic) bond motifs is 1. The van der Waals surface area contributed by atoms with Crippen LogP contribution in [0.2, 0.25) is 0 Å². The zero-order valence-electron chi connectivity index (χ0n) is 16.1. The molecule has 0 fully saturated rings. The predicted molar refractivity (Wildman–Crippen MR) is 126 cm³/mol. The number of benzene rings is 3. The number of halogens is 1. The van der Waals surface area contributed by atoms with Gasteiger partial charge in [0, 0.05) is 38.2 Å². The molecule has 5 heteroatoms. The van der Waals surface area contributed by atoms with Crippen LogP contribution in [0.15, 0.2) is 88.2 Å². The Morgan fingerprint density at radius 3 is 2.52 bits per heavy atom. The molecule has 0 bridgehead atoms. The van der Waals surface area contributed by atoms with E-state index in [1.54, 1.807) is 11.8 Å². The van der Waals surface area contributed by atoms with Crippen molar-refractivity contribution in [1.82, 2.24) is 4.57 Å². The molecule has 0 aliphatic rings. The van der Waals surface area contributed by atoms with E-state index in [-0.39, 0.29) is 5.91 Å². The molecule has 0 unspecified atom stereocenters. The molecule has 0 saturated carbocycles. The molecule has 1 heterocycles. The molecule has 0 atom stereocenters. The Hall–Kier alpha value is -2.50. The number of anilines is 1. The fourth-order valence-corrected chi connectivity index (χ4v) is 4.81. The van der Waals surface area contributed by atoms with E-state index >= 15 is 0 Å². The first-order valence-electron chi connectivity index (χ1n) is 9.39. The van der Waals surface area contributed by atoms with Crippen LogP contribution in [0.1, 0.15) is 11.3 Å². The molecule has 3 aromatic carbocycles. The normalized spacial score (nSPS) is 11.0. The Morgan fingerprint density at radius 2 is 1.76 bits per heavy atom. The van der Waals surface area contributed by atoms with Crippen LogP contribution in [0.3, 0.4) is 0 Å². The summed E-state index contributed by atoms with van der Waals surface area (Å²) >= 11 is 5.15. The summed E-state index contributed by atoms with van der Waals surface area (Å²) in [7, 11) is 0. The molecule has 1 aromatic heterocycles. The van der Waals surface area contributed by atoms with Crippen molar-refractivity contribution in [1.29, 1.82) is 0 Å². The zero-order chi connectivity index (χ0) is 20.2. The van der Waals surface area contributed by atoms with Gasteiger partial charge < -0.3 is 9.88 Å². The number of hydrogen-bond donors (Lipinski definition) is 1. The minimum absolute atomic E-state index is 0.0180. The zero-order valence-corrected chi connectivity index (χ0v) is 18.5. The summed E-state index contributed by atoms with van der Waals surface area (Å²) < 4.78 is 3.22. The number of amides is 1. The second-order valence-corrected chi connectivity index (χ2v) is 8.54. The van der Waals surface area contributed by atoms with Gasteiger partial charge in [0.05, 0.1) is 6.42 Å². The molecule has 3 nitrogen and oxygen atoms in total. The summed E-state index contributed by atoms with van der Waals surface area (Å²) in [4.78, 5) is 14.1. The van der Waals surface area contributed by atoms with Crippen molar-refractivity contribution in [2.45, 2.75) is 17.9 Å². The van der Waals surface area contributed by atoms with Gasteiger partial charge in [-0.25, -0.2) is 0 Å². The lowest BCUT2D eigenvalue weighted by atomic mass is 10.2. The first kappa shape index (κ1) is 19.8. The first-order valence-corrected chi connectivity index (χ1v) is 11.4. The number of carbonyl (C=O) groups is 1. The molecule has 0 aliphatic carbocycles. The number of hydrogen-bond acceptors (Lipinski definition) is 2. The number of aromatic nitrogens is 1. The summed E-state index contributed by atoms with van der Waals surface area (Å²) in [5.41, 5.74) is 4.22. The van der Waals surface area contributed by atoms with Gasteiger partial charge in [-0.3, -0.25) is 4.79 Å². The molecule has 4 aromatic rings. The van der Waals surface area contributed by atoms with Crippen molar-refractivity contribution >= 4 is 50.2 Å². The van der Waals surface area contributed by atoms with Crippen LogP contribution in [0.4, 0.5) is 5.69 Å². The minimum Gasteiger partial charge on any atom is -0.338 e. The number of nitrogens with one attached hydrogen (secondary N) is 1. The van der Waals surface area contributed by atoms with Crippen molar-refractivity contribution in [3.05, 3.63) is 94.6 Å². The van der Waals surface area contributed by atoms with E-state index in [1.165, 1.54) is 15.8 Å². The number of thioether (sulfide) groups is 1. The fourth-order valence-electron chi connectivity index (χ4n) is 3.60. The highest BCUT2D eigenvalue weighted by Crippen LogP contribution is 2.34. The van der Waals surface area contributed by atoms with Crippen LogP contribution < -0.4 is 5.32 Å². The van der Waals surface area contributed by atoms with Gasteiger partial charge in [-0.05, 0) is 36.1 Å². The van der Waals surface area contributed by atoms with Gasteiger partial charge in [-0.2, -0.15) is 0 Å². The standard InChI is InChI=1S/C24H21BrN2OS/c1-29-24-20-12-5-6-13-21(20)27(16-17-8-3-2-4-9-17)22(24)15-23(28)26-19-11-7-10-18(25)14-19/h2-14H,15-16H2,1H3,(H,26,28). The monoisotopic (exact) mass is 464 g/mol. The highest BCUT2D eigenvalue weighted by Gasteiger charge is 2.19. The number of para-hydroxylation sites is 1. The van der Waals surface area contributed by atoms with E-state index in [0.717, 1.165) is 27.9 Å².